The summed E-state index contributed by atoms with van der Waals surface area (Å²) in [5, 5.41) is 13.4. The fourth-order valence-corrected chi connectivity index (χ4v) is 4.94. The van der Waals surface area contributed by atoms with Gasteiger partial charge in [0.15, 0.2) is 11.6 Å². The predicted molar refractivity (Wildman–Crippen MR) is 180 cm³/mol. The average Bonchev–Trinajstić information content (AvgIpc) is 3.30. The van der Waals surface area contributed by atoms with Gasteiger partial charge in [0.05, 0.1) is 37.1 Å². The zero-order valence-electron chi connectivity index (χ0n) is 27.5. The van der Waals surface area contributed by atoms with E-state index in [1.165, 1.54) is 16.8 Å². The lowest BCUT2D eigenvalue weighted by atomic mass is 10.2. The Labute approximate surface area is 280 Å². The van der Waals surface area contributed by atoms with Gasteiger partial charge in [-0.1, -0.05) is 18.2 Å². The van der Waals surface area contributed by atoms with E-state index >= 15 is 4.39 Å². The summed E-state index contributed by atoms with van der Waals surface area (Å²) >= 11 is 0. The van der Waals surface area contributed by atoms with E-state index in [-0.39, 0.29) is 30.1 Å². The first-order chi connectivity index (χ1) is 23.4. The molecule has 0 spiro atoms. The van der Waals surface area contributed by atoms with E-state index in [0.717, 1.165) is 13.0 Å². The molecule has 0 radical (unpaired) electrons. The van der Waals surface area contributed by atoms with E-state index in [1.54, 1.807) is 93.5 Å². The Morgan fingerprint density at radius 2 is 1.73 bits per heavy atom. The Kier molecular flexibility index (Phi) is 11.8. The van der Waals surface area contributed by atoms with Gasteiger partial charge in [-0.2, -0.15) is 0 Å². The van der Waals surface area contributed by atoms with Crippen molar-refractivity contribution in [2.75, 3.05) is 26.0 Å². The molecule has 0 unspecified atom stereocenters. The number of rotatable bonds is 11. The standard InChI is InChI=1S/C33H32FN5O6.C2H4O2/c1-20(44-30(40)18-35-3)19-38-21(2)31(33(42)39(38)23-8-6-5-7-9-23)32(41)37-22-10-13-29(26(34)16-22)45-28-14-15-36-27-17-24(43-4)11-12-25(27)28;1-2(3)4/h5-17,20,35H,18-19H2,1-4H3,(H,37,41);1H3,(H,3,4)/t20-;/m1./s1. The van der Waals surface area contributed by atoms with E-state index in [9.17, 15) is 14.4 Å². The molecule has 1 atom stereocenters. The number of carboxylic acid groups (broad SMARTS) is 1. The van der Waals surface area contributed by atoms with Crippen LogP contribution in [0.2, 0.25) is 0 Å². The number of pyridine rings is 1. The molecule has 3 aromatic carbocycles. The number of carbonyl (C=O) groups is 3. The quantitative estimate of drug-likeness (QED) is 0.164. The van der Waals surface area contributed by atoms with Crippen molar-refractivity contribution in [3.63, 3.8) is 0 Å². The number of nitrogens with one attached hydrogen (secondary N) is 2. The summed E-state index contributed by atoms with van der Waals surface area (Å²) in [5.41, 5.74) is 0.901. The first-order valence-electron chi connectivity index (χ1n) is 15.1. The van der Waals surface area contributed by atoms with Gasteiger partial charge in [-0.15, -0.1) is 0 Å². The smallest absolute Gasteiger partial charge is 0.320 e. The number of para-hydroxylation sites is 1. The Bertz CT molecular complexity index is 2020. The zero-order chi connectivity index (χ0) is 35.7. The van der Waals surface area contributed by atoms with Crippen molar-refractivity contribution >= 4 is 34.4 Å². The van der Waals surface area contributed by atoms with Crippen LogP contribution in [0, 0.1) is 12.7 Å². The number of hydrogen-bond donors (Lipinski definition) is 3. The number of fused-ring (bicyclic) bond motifs is 1. The van der Waals surface area contributed by atoms with Crippen LogP contribution in [0.3, 0.4) is 0 Å². The van der Waals surface area contributed by atoms with Gasteiger partial charge in [-0.3, -0.25) is 28.8 Å². The normalized spacial score (nSPS) is 11.2. The van der Waals surface area contributed by atoms with Crippen molar-refractivity contribution in [2.24, 2.45) is 0 Å². The summed E-state index contributed by atoms with van der Waals surface area (Å²) in [5.74, 6) is -1.77. The number of anilines is 1. The molecule has 13 nitrogen and oxygen atoms in total. The van der Waals surface area contributed by atoms with Crippen molar-refractivity contribution in [1.29, 1.82) is 0 Å². The summed E-state index contributed by atoms with van der Waals surface area (Å²) < 4.78 is 34.7. The molecule has 0 aliphatic heterocycles. The van der Waals surface area contributed by atoms with Gasteiger partial charge >= 0.3 is 5.97 Å². The third kappa shape index (κ3) is 8.87. The third-order valence-corrected chi connectivity index (χ3v) is 7.03. The Morgan fingerprint density at radius 1 is 1.02 bits per heavy atom. The van der Waals surface area contributed by atoms with Crippen LogP contribution in [0.4, 0.5) is 10.1 Å². The molecule has 14 heteroatoms. The summed E-state index contributed by atoms with van der Waals surface area (Å²) in [6, 6.07) is 19.7. The van der Waals surface area contributed by atoms with Crippen LogP contribution < -0.4 is 25.7 Å². The molecule has 5 rings (SSSR count). The summed E-state index contributed by atoms with van der Waals surface area (Å²) in [6.07, 6.45) is 0.941. The molecule has 2 heterocycles. The second-order valence-corrected chi connectivity index (χ2v) is 10.7. The van der Waals surface area contributed by atoms with E-state index in [4.69, 9.17) is 24.1 Å². The first kappa shape index (κ1) is 35.8. The van der Waals surface area contributed by atoms with E-state index in [1.807, 2.05) is 0 Å². The summed E-state index contributed by atoms with van der Waals surface area (Å²) in [4.78, 5) is 52.5. The second-order valence-electron chi connectivity index (χ2n) is 10.7. The summed E-state index contributed by atoms with van der Waals surface area (Å²) in [7, 11) is 3.19. The molecule has 5 aromatic rings. The number of ether oxygens (including phenoxy) is 3. The minimum atomic E-state index is -0.833. The number of aliphatic carboxylic acids is 1. The zero-order valence-corrected chi connectivity index (χ0v) is 27.5. The predicted octanol–water partition coefficient (Wildman–Crippen LogP) is 4.93. The highest BCUT2D eigenvalue weighted by atomic mass is 19.1. The Morgan fingerprint density at radius 3 is 2.39 bits per heavy atom. The number of nitrogens with zero attached hydrogens (tertiary/aromatic N) is 3. The maximum atomic E-state index is 15.2. The number of methoxy groups -OCH3 is 1. The van der Waals surface area contributed by atoms with Gasteiger partial charge in [0.1, 0.15) is 23.2 Å². The molecule has 0 bridgehead atoms. The third-order valence-electron chi connectivity index (χ3n) is 7.03. The van der Waals surface area contributed by atoms with Crippen LogP contribution >= 0.6 is 0 Å². The molecule has 0 aliphatic rings. The van der Waals surface area contributed by atoms with E-state index in [2.05, 4.69) is 15.6 Å². The highest BCUT2D eigenvalue weighted by Crippen LogP contribution is 2.33. The molecule has 1 amide bonds. The lowest BCUT2D eigenvalue weighted by Gasteiger charge is -2.18. The average molecular weight is 674 g/mol. The van der Waals surface area contributed by atoms with Crippen molar-refractivity contribution in [1.82, 2.24) is 19.7 Å². The van der Waals surface area contributed by atoms with Gasteiger partial charge in [0.25, 0.3) is 17.4 Å². The lowest BCUT2D eigenvalue weighted by Crippen LogP contribution is -2.30. The number of benzene rings is 3. The number of esters is 1. The van der Waals surface area contributed by atoms with Gasteiger partial charge in [0.2, 0.25) is 0 Å². The van der Waals surface area contributed by atoms with Crippen LogP contribution in [0.25, 0.3) is 16.6 Å². The van der Waals surface area contributed by atoms with E-state index < -0.39 is 35.3 Å². The van der Waals surface area contributed by atoms with Crippen LogP contribution in [-0.4, -0.2) is 64.1 Å². The number of hydrogen-bond acceptors (Lipinski definition) is 9. The highest BCUT2D eigenvalue weighted by molar-refractivity contribution is 6.05. The number of aromatic nitrogens is 3. The fourth-order valence-electron chi connectivity index (χ4n) is 4.94. The maximum Gasteiger partial charge on any atom is 0.320 e. The number of likely N-dealkylation sites (N-methyl/N-ethyl adjacent to an activating group) is 1. The number of halogens is 1. The number of amides is 1. The minimum absolute atomic E-state index is 0.0307. The molecular formula is C35H36FN5O8. The first-order valence-corrected chi connectivity index (χ1v) is 15.1. The van der Waals surface area contributed by atoms with Gasteiger partial charge in [-0.25, -0.2) is 9.07 Å². The summed E-state index contributed by atoms with van der Waals surface area (Å²) in [6.45, 7) is 4.55. The molecule has 3 N–H and O–H groups in total. The van der Waals surface area contributed by atoms with Crippen LogP contribution in [0.1, 0.15) is 29.9 Å². The van der Waals surface area contributed by atoms with Crippen molar-refractivity contribution < 1.29 is 38.1 Å². The minimum Gasteiger partial charge on any atom is -0.497 e. The lowest BCUT2D eigenvalue weighted by molar-refractivity contribution is -0.147. The largest absolute Gasteiger partial charge is 0.497 e. The molecule has 256 valence electrons. The van der Waals surface area contributed by atoms with Gasteiger partial charge in [0, 0.05) is 36.3 Å². The molecule has 0 saturated heterocycles. The molecule has 0 saturated carbocycles. The Balaban J connectivity index is 0.00000128. The van der Waals surface area contributed by atoms with Crippen molar-refractivity contribution in [3.05, 3.63) is 106 Å². The molecule has 49 heavy (non-hydrogen) atoms. The van der Waals surface area contributed by atoms with Gasteiger partial charge < -0.3 is 30.0 Å². The monoisotopic (exact) mass is 673 g/mol. The number of carboxylic acids is 1. The van der Waals surface area contributed by atoms with Crippen LogP contribution in [-0.2, 0) is 20.9 Å². The molecule has 0 fully saturated rings. The molecular weight excluding hydrogens is 637 g/mol. The van der Waals surface area contributed by atoms with Crippen molar-refractivity contribution in [2.45, 2.75) is 33.4 Å². The topological polar surface area (TPSA) is 163 Å². The molecule has 0 aliphatic carbocycles. The fraction of sp³-hybridized carbons (Fsp3) is 0.229. The SMILES string of the molecule is CC(=O)O.CNCC(=O)O[C@H](C)Cn1c(C)c(C(=O)Nc2ccc(Oc3ccnc4cc(OC)ccc34)c(F)c2)c(=O)n1-c1ccccc1. The Hall–Kier alpha value is -6.02. The number of carbonyl (C=O) groups excluding carboxylic acids is 2. The van der Waals surface area contributed by atoms with Crippen LogP contribution in [0.5, 0.6) is 17.2 Å². The van der Waals surface area contributed by atoms with Crippen molar-refractivity contribution in [3.8, 4) is 22.9 Å². The maximum absolute atomic E-state index is 15.2. The highest BCUT2D eigenvalue weighted by Gasteiger charge is 2.26. The van der Waals surface area contributed by atoms with Crippen LogP contribution in [0.15, 0.2) is 83.8 Å². The van der Waals surface area contributed by atoms with E-state index in [0.29, 0.717) is 33.8 Å². The van der Waals surface area contributed by atoms with Gasteiger partial charge in [-0.05, 0) is 63.4 Å². The molecule has 2 aromatic heterocycles. The second kappa shape index (κ2) is 16.2.